The van der Waals surface area contributed by atoms with Gasteiger partial charge in [-0.05, 0) is 18.2 Å². The summed E-state index contributed by atoms with van der Waals surface area (Å²) in [5, 5.41) is 23.6. The van der Waals surface area contributed by atoms with E-state index in [1.807, 2.05) is 12.1 Å². The Morgan fingerprint density at radius 1 is 1.35 bits per heavy atom. The lowest BCUT2D eigenvalue weighted by Gasteiger charge is -2.05. The SMILES string of the molecule is COc1ccc(Br)cc1/C=N/NC(=O)CSc1nnc(-c2cccc([N+](=O)[O-])c2)n1C. The minimum atomic E-state index is -0.468. The molecular formula is C19H17BrN6O4S. The molecule has 1 heterocycles. The summed E-state index contributed by atoms with van der Waals surface area (Å²) in [6.45, 7) is 0. The zero-order valence-electron chi connectivity index (χ0n) is 16.5. The zero-order valence-corrected chi connectivity index (χ0v) is 18.9. The molecule has 0 unspecified atom stereocenters. The summed E-state index contributed by atoms with van der Waals surface area (Å²) in [6.07, 6.45) is 1.49. The van der Waals surface area contributed by atoms with Crippen LogP contribution in [0.3, 0.4) is 0 Å². The maximum atomic E-state index is 12.1. The van der Waals surface area contributed by atoms with E-state index < -0.39 is 4.92 Å². The highest BCUT2D eigenvalue weighted by Crippen LogP contribution is 2.25. The number of benzene rings is 2. The number of nitro groups is 1. The average molecular weight is 505 g/mol. The van der Waals surface area contributed by atoms with E-state index in [4.69, 9.17) is 4.74 Å². The second-order valence-electron chi connectivity index (χ2n) is 6.14. The van der Waals surface area contributed by atoms with E-state index in [1.54, 1.807) is 36.9 Å². The van der Waals surface area contributed by atoms with Gasteiger partial charge in [0.05, 0.1) is 24.0 Å². The molecule has 0 radical (unpaired) electrons. The third-order valence-corrected chi connectivity index (χ3v) is 5.58. The van der Waals surface area contributed by atoms with Gasteiger partial charge in [-0.25, -0.2) is 5.43 Å². The number of methoxy groups -OCH3 is 1. The van der Waals surface area contributed by atoms with Gasteiger partial charge in [0.25, 0.3) is 11.6 Å². The summed E-state index contributed by atoms with van der Waals surface area (Å²) in [5.74, 6) is 0.832. The standard InChI is InChI=1S/C19H17BrN6O4S/c1-25-18(12-4-3-5-15(9-12)26(28)29)23-24-19(25)31-11-17(27)22-21-10-13-8-14(20)6-7-16(13)30-2/h3-10H,11H2,1-2H3,(H,22,27)/b21-10+. The third kappa shape index (κ3) is 5.67. The molecule has 3 aromatic rings. The first-order chi connectivity index (χ1) is 14.9. The van der Waals surface area contributed by atoms with Gasteiger partial charge in [-0.1, -0.05) is 39.8 Å². The van der Waals surface area contributed by atoms with Crippen LogP contribution in [0.25, 0.3) is 11.4 Å². The Morgan fingerprint density at radius 2 is 2.16 bits per heavy atom. The fourth-order valence-corrected chi connectivity index (χ4v) is 3.68. The quantitative estimate of drug-likeness (QED) is 0.215. The van der Waals surface area contributed by atoms with Gasteiger partial charge in [0.15, 0.2) is 11.0 Å². The van der Waals surface area contributed by atoms with Crippen LogP contribution in [-0.2, 0) is 11.8 Å². The van der Waals surface area contributed by atoms with Gasteiger partial charge in [0.2, 0.25) is 0 Å². The number of amides is 1. The number of aromatic nitrogens is 3. The molecule has 0 saturated carbocycles. The van der Waals surface area contributed by atoms with Gasteiger partial charge in [-0.2, -0.15) is 5.10 Å². The van der Waals surface area contributed by atoms with Gasteiger partial charge in [-0.3, -0.25) is 14.9 Å². The fraction of sp³-hybridized carbons (Fsp3) is 0.158. The lowest BCUT2D eigenvalue weighted by molar-refractivity contribution is -0.384. The molecule has 3 rings (SSSR count). The lowest BCUT2D eigenvalue weighted by atomic mass is 10.2. The molecule has 0 saturated heterocycles. The highest BCUT2D eigenvalue weighted by atomic mass is 79.9. The van der Waals surface area contributed by atoms with Crippen LogP contribution < -0.4 is 10.2 Å². The van der Waals surface area contributed by atoms with Crippen LogP contribution in [-0.4, -0.2) is 44.7 Å². The van der Waals surface area contributed by atoms with Gasteiger partial charge in [0.1, 0.15) is 5.75 Å². The monoisotopic (exact) mass is 504 g/mol. The number of carbonyl (C=O) groups excluding carboxylic acids is 1. The lowest BCUT2D eigenvalue weighted by Crippen LogP contribution is -2.20. The maximum absolute atomic E-state index is 12.1. The van der Waals surface area contributed by atoms with E-state index in [0.717, 1.165) is 4.47 Å². The number of nitrogens with zero attached hydrogens (tertiary/aromatic N) is 5. The number of nitrogens with one attached hydrogen (secondary N) is 1. The molecular weight excluding hydrogens is 488 g/mol. The van der Waals surface area contributed by atoms with E-state index in [9.17, 15) is 14.9 Å². The van der Waals surface area contributed by atoms with E-state index in [0.29, 0.717) is 27.9 Å². The van der Waals surface area contributed by atoms with Crippen molar-refractivity contribution in [1.82, 2.24) is 20.2 Å². The first kappa shape index (κ1) is 22.4. The smallest absolute Gasteiger partial charge is 0.270 e. The molecule has 0 bridgehead atoms. The van der Waals surface area contributed by atoms with Crippen LogP contribution in [0.2, 0.25) is 0 Å². The van der Waals surface area contributed by atoms with Gasteiger partial charge >= 0.3 is 0 Å². The minimum Gasteiger partial charge on any atom is -0.496 e. The van der Waals surface area contributed by atoms with Gasteiger partial charge in [0, 0.05) is 34.8 Å². The molecule has 1 aromatic heterocycles. The van der Waals surface area contributed by atoms with E-state index in [2.05, 4.69) is 36.7 Å². The van der Waals surface area contributed by atoms with Crippen LogP contribution in [0, 0.1) is 10.1 Å². The van der Waals surface area contributed by atoms with Crippen molar-refractivity contribution in [2.75, 3.05) is 12.9 Å². The number of ether oxygens (including phenoxy) is 1. The largest absolute Gasteiger partial charge is 0.496 e. The van der Waals surface area contributed by atoms with Crippen molar-refractivity contribution in [2.24, 2.45) is 12.1 Å². The van der Waals surface area contributed by atoms with E-state index in [-0.39, 0.29) is 17.3 Å². The highest BCUT2D eigenvalue weighted by molar-refractivity contribution is 9.10. The average Bonchev–Trinajstić information content (AvgIpc) is 3.13. The molecule has 0 aliphatic carbocycles. The summed E-state index contributed by atoms with van der Waals surface area (Å²) in [5.41, 5.74) is 3.69. The van der Waals surface area contributed by atoms with Crippen molar-refractivity contribution < 1.29 is 14.5 Å². The second-order valence-corrected chi connectivity index (χ2v) is 8.00. The molecule has 0 atom stereocenters. The Bertz CT molecular complexity index is 1150. The van der Waals surface area contributed by atoms with Crippen molar-refractivity contribution in [2.45, 2.75) is 5.16 Å². The second kappa shape index (κ2) is 10.2. The highest BCUT2D eigenvalue weighted by Gasteiger charge is 2.15. The molecule has 2 aromatic carbocycles. The Balaban J connectivity index is 1.61. The first-order valence-electron chi connectivity index (χ1n) is 8.81. The van der Waals surface area contributed by atoms with Gasteiger partial charge in [-0.15, -0.1) is 10.2 Å². The van der Waals surface area contributed by atoms with E-state index in [1.165, 1.54) is 30.1 Å². The first-order valence-corrected chi connectivity index (χ1v) is 10.6. The van der Waals surface area contributed by atoms with Crippen molar-refractivity contribution in [3.63, 3.8) is 0 Å². The number of hydrogen-bond acceptors (Lipinski definition) is 8. The molecule has 1 N–H and O–H groups in total. The molecule has 1 amide bonds. The van der Waals surface area contributed by atoms with Crippen LogP contribution >= 0.6 is 27.7 Å². The number of rotatable bonds is 8. The molecule has 160 valence electrons. The number of hydrazone groups is 1. The van der Waals surface area contributed by atoms with Crippen LogP contribution in [0.15, 0.2) is 57.2 Å². The molecule has 0 spiro atoms. The normalized spacial score (nSPS) is 10.9. The minimum absolute atomic E-state index is 0.0333. The van der Waals surface area contributed by atoms with E-state index >= 15 is 0 Å². The predicted octanol–water partition coefficient (Wildman–Crippen LogP) is 3.40. The van der Waals surface area contributed by atoms with Crippen LogP contribution in [0.4, 0.5) is 5.69 Å². The van der Waals surface area contributed by atoms with Crippen molar-refractivity contribution in [3.8, 4) is 17.1 Å². The number of hydrogen-bond donors (Lipinski definition) is 1. The van der Waals surface area contributed by atoms with Crippen molar-refractivity contribution in [3.05, 3.63) is 62.6 Å². The summed E-state index contributed by atoms with van der Waals surface area (Å²) in [7, 11) is 3.28. The summed E-state index contributed by atoms with van der Waals surface area (Å²) in [4.78, 5) is 22.6. The van der Waals surface area contributed by atoms with Crippen LogP contribution in [0.1, 0.15) is 5.56 Å². The summed E-state index contributed by atoms with van der Waals surface area (Å²) in [6, 6.07) is 11.6. The molecule has 10 nitrogen and oxygen atoms in total. The maximum Gasteiger partial charge on any atom is 0.270 e. The molecule has 31 heavy (non-hydrogen) atoms. The Hall–Kier alpha value is -3.25. The fourth-order valence-electron chi connectivity index (χ4n) is 2.59. The third-order valence-electron chi connectivity index (χ3n) is 4.07. The topological polar surface area (TPSA) is 125 Å². The summed E-state index contributed by atoms with van der Waals surface area (Å²) >= 11 is 4.55. The number of non-ortho nitro benzene ring substituents is 1. The Morgan fingerprint density at radius 3 is 2.90 bits per heavy atom. The molecule has 0 aliphatic heterocycles. The number of carbonyl (C=O) groups is 1. The molecule has 0 fully saturated rings. The van der Waals surface area contributed by atoms with Crippen molar-refractivity contribution >= 4 is 45.5 Å². The number of halogens is 1. The zero-order chi connectivity index (χ0) is 22.4. The number of thioether (sulfide) groups is 1. The Labute approximate surface area is 190 Å². The number of nitro benzene ring substituents is 1. The Kier molecular flexibility index (Phi) is 7.36. The molecule has 12 heteroatoms. The predicted molar refractivity (Wildman–Crippen MR) is 120 cm³/mol. The van der Waals surface area contributed by atoms with Gasteiger partial charge < -0.3 is 9.30 Å². The van der Waals surface area contributed by atoms with Crippen molar-refractivity contribution in [1.29, 1.82) is 0 Å². The molecule has 0 aliphatic rings. The summed E-state index contributed by atoms with van der Waals surface area (Å²) < 4.78 is 7.78. The van der Waals surface area contributed by atoms with Crippen LogP contribution in [0.5, 0.6) is 5.75 Å².